The summed E-state index contributed by atoms with van der Waals surface area (Å²) in [5, 5.41) is 6.22. The topological polar surface area (TPSA) is 55.1 Å². The number of rotatable bonds is 4. The standard InChI is InChI=1S/C9H11ClN2O2/c1-7-6-8(12-14-7)9(13)11-5-3-2-4-10/h2-3,6H,4-5H2,1H3,(H,11,13)/b3-2+. The second-order valence-corrected chi connectivity index (χ2v) is 2.97. The van der Waals surface area contributed by atoms with Gasteiger partial charge in [0.25, 0.3) is 5.91 Å². The van der Waals surface area contributed by atoms with Crippen LogP contribution < -0.4 is 5.32 Å². The largest absolute Gasteiger partial charge is 0.361 e. The van der Waals surface area contributed by atoms with Crippen LogP contribution in [0.15, 0.2) is 22.7 Å². The van der Waals surface area contributed by atoms with E-state index in [1.807, 2.05) is 0 Å². The first kappa shape index (κ1) is 10.8. The number of halogens is 1. The number of amides is 1. The van der Waals surface area contributed by atoms with Crippen molar-refractivity contribution in [2.45, 2.75) is 6.92 Å². The first-order valence-corrected chi connectivity index (χ1v) is 4.70. The highest BCUT2D eigenvalue weighted by atomic mass is 35.5. The second-order valence-electron chi connectivity index (χ2n) is 2.66. The van der Waals surface area contributed by atoms with Crippen LogP contribution in [0.5, 0.6) is 0 Å². The van der Waals surface area contributed by atoms with Gasteiger partial charge < -0.3 is 9.84 Å². The number of aryl methyl sites for hydroxylation is 1. The monoisotopic (exact) mass is 214 g/mol. The maximum absolute atomic E-state index is 11.3. The van der Waals surface area contributed by atoms with Crippen LogP contribution in [-0.2, 0) is 0 Å². The molecule has 0 unspecified atom stereocenters. The molecule has 0 saturated heterocycles. The third-order valence-electron chi connectivity index (χ3n) is 1.50. The van der Waals surface area contributed by atoms with Crippen LogP contribution in [0, 0.1) is 6.92 Å². The van der Waals surface area contributed by atoms with Gasteiger partial charge in [0.1, 0.15) is 5.76 Å². The Balaban J connectivity index is 2.39. The van der Waals surface area contributed by atoms with Gasteiger partial charge in [-0.2, -0.15) is 0 Å². The minimum absolute atomic E-state index is 0.249. The molecule has 0 aliphatic carbocycles. The minimum atomic E-state index is -0.249. The number of hydrogen-bond acceptors (Lipinski definition) is 3. The fraction of sp³-hybridized carbons (Fsp3) is 0.333. The number of carbonyl (C=O) groups is 1. The highest BCUT2D eigenvalue weighted by Gasteiger charge is 2.08. The van der Waals surface area contributed by atoms with Gasteiger partial charge in [0.15, 0.2) is 5.69 Å². The summed E-state index contributed by atoms with van der Waals surface area (Å²) in [5.41, 5.74) is 0.293. The van der Waals surface area contributed by atoms with Gasteiger partial charge in [-0.25, -0.2) is 0 Å². The van der Waals surface area contributed by atoms with E-state index in [0.717, 1.165) is 0 Å². The van der Waals surface area contributed by atoms with Crippen molar-refractivity contribution in [1.29, 1.82) is 0 Å². The zero-order chi connectivity index (χ0) is 10.4. The van der Waals surface area contributed by atoms with Crippen LogP contribution in [-0.4, -0.2) is 23.5 Å². The van der Waals surface area contributed by atoms with Crippen molar-refractivity contribution < 1.29 is 9.32 Å². The van der Waals surface area contributed by atoms with Crippen molar-refractivity contribution in [2.75, 3.05) is 12.4 Å². The molecular formula is C9H11ClN2O2. The Labute approximate surface area is 86.9 Å². The van der Waals surface area contributed by atoms with Crippen LogP contribution in [0.3, 0.4) is 0 Å². The summed E-state index contributed by atoms with van der Waals surface area (Å²) in [6, 6.07) is 1.58. The maximum Gasteiger partial charge on any atom is 0.273 e. The number of nitrogens with one attached hydrogen (secondary N) is 1. The number of hydrogen-bond donors (Lipinski definition) is 1. The van der Waals surface area contributed by atoms with Crippen molar-refractivity contribution in [1.82, 2.24) is 10.5 Å². The molecule has 76 valence electrons. The van der Waals surface area contributed by atoms with Crippen LogP contribution in [0.25, 0.3) is 0 Å². The molecule has 0 aromatic carbocycles. The van der Waals surface area contributed by atoms with Crippen molar-refractivity contribution in [3.63, 3.8) is 0 Å². The predicted octanol–water partition coefficient (Wildman–Crippen LogP) is 1.51. The average molecular weight is 215 g/mol. The summed E-state index contributed by atoms with van der Waals surface area (Å²) < 4.78 is 4.76. The molecule has 1 N–H and O–H groups in total. The fourth-order valence-electron chi connectivity index (χ4n) is 0.862. The second kappa shape index (κ2) is 5.44. The highest BCUT2D eigenvalue weighted by Crippen LogP contribution is 2.00. The Morgan fingerprint density at radius 3 is 3.07 bits per heavy atom. The van der Waals surface area contributed by atoms with E-state index in [1.165, 1.54) is 0 Å². The number of allylic oxidation sites excluding steroid dienone is 1. The Morgan fingerprint density at radius 2 is 2.50 bits per heavy atom. The molecule has 0 aliphatic rings. The van der Waals surface area contributed by atoms with E-state index in [-0.39, 0.29) is 5.91 Å². The average Bonchev–Trinajstić information content (AvgIpc) is 2.59. The summed E-state index contributed by atoms with van der Waals surface area (Å²) in [7, 11) is 0. The molecule has 0 bridgehead atoms. The zero-order valence-corrected chi connectivity index (χ0v) is 8.54. The van der Waals surface area contributed by atoms with Gasteiger partial charge in [-0.05, 0) is 6.92 Å². The molecule has 0 radical (unpaired) electrons. The first-order chi connectivity index (χ1) is 6.74. The van der Waals surface area contributed by atoms with Crippen LogP contribution >= 0.6 is 11.6 Å². The first-order valence-electron chi connectivity index (χ1n) is 4.16. The van der Waals surface area contributed by atoms with E-state index < -0.39 is 0 Å². The van der Waals surface area contributed by atoms with Crippen molar-refractivity contribution in [3.8, 4) is 0 Å². The molecule has 1 aromatic heterocycles. The van der Waals surface area contributed by atoms with Crippen molar-refractivity contribution in [3.05, 3.63) is 29.7 Å². The van der Waals surface area contributed by atoms with E-state index in [1.54, 1.807) is 25.1 Å². The number of nitrogens with zero attached hydrogens (tertiary/aromatic N) is 1. The summed E-state index contributed by atoms with van der Waals surface area (Å²) in [4.78, 5) is 11.3. The van der Waals surface area contributed by atoms with Crippen LogP contribution in [0.4, 0.5) is 0 Å². The molecule has 5 heteroatoms. The number of carbonyl (C=O) groups excluding carboxylic acids is 1. The summed E-state index contributed by atoms with van der Waals surface area (Å²) in [6.07, 6.45) is 3.54. The quantitative estimate of drug-likeness (QED) is 0.611. The molecule has 14 heavy (non-hydrogen) atoms. The molecule has 0 fully saturated rings. The van der Waals surface area contributed by atoms with Gasteiger partial charge in [-0.1, -0.05) is 17.3 Å². The molecule has 0 atom stereocenters. The Morgan fingerprint density at radius 1 is 1.71 bits per heavy atom. The summed E-state index contributed by atoms with van der Waals surface area (Å²) in [5.74, 6) is 0.811. The van der Waals surface area contributed by atoms with Gasteiger partial charge >= 0.3 is 0 Å². The van der Waals surface area contributed by atoms with Gasteiger partial charge in [0.2, 0.25) is 0 Å². The van der Waals surface area contributed by atoms with Gasteiger partial charge in [0.05, 0.1) is 0 Å². The maximum atomic E-state index is 11.3. The van der Waals surface area contributed by atoms with Crippen molar-refractivity contribution in [2.24, 2.45) is 0 Å². The smallest absolute Gasteiger partial charge is 0.273 e. The van der Waals surface area contributed by atoms with Gasteiger partial charge in [-0.3, -0.25) is 4.79 Å². The van der Waals surface area contributed by atoms with Gasteiger partial charge in [-0.15, -0.1) is 11.6 Å². The Kier molecular flexibility index (Phi) is 4.19. The molecule has 1 rings (SSSR count). The lowest BCUT2D eigenvalue weighted by Gasteiger charge is -1.96. The number of alkyl halides is 1. The third kappa shape index (κ3) is 3.22. The Hall–Kier alpha value is -1.29. The predicted molar refractivity (Wildman–Crippen MR) is 53.4 cm³/mol. The zero-order valence-electron chi connectivity index (χ0n) is 7.79. The molecule has 0 saturated carbocycles. The molecule has 4 nitrogen and oxygen atoms in total. The van der Waals surface area contributed by atoms with E-state index >= 15 is 0 Å². The number of aromatic nitrogens is 1. The lowest BCUT2D eigenvalue weighted by atomic mass is 10.3. The highest BCUT2D eigenvalue weighted by molar-refractivity contribution is 6.18. The van der Waals surface area contributed by atoms with Crippen molar-refractivity contribution >= 4 is 17.5 Å². The van der Waals surface area contributed by atoms with E-state index in [0.29, 0.717) is 23.9 Å². The lowest BCUT2D eigenvalue weighted by Crippen LogP contribution is -2.23. The summed E-state index contributed by atoms with van der Waals surface area (Å²) in [6.45, 7) is 2.18. The van der Waals surface area contributed by atoms with E-state index in [4.69, 9.17) is 16.1 Å². The van der Waals surface area contributed by atoms with Crippen LogP contribution in [0.1, 0.15) is 16.2 Å². The molecule has 1 amide bonds. The minimum Gasteiger partial charge on any atom is -0.361 e. The summed E-state index contributed by atoms with van der Waals surface area (Å²) >= 11 is 5.41. The third-order valence-corrected chi connectivity index (χ3v) is 1.68. The normalized spacial score (nSPS) is 10.7. The van der Waals surface area contributed by atoms with E-state index in [9.17, 15) is 4.79 Å². The fourth-order valence-corrected chi connectivity index (χ4v) is 0.988. The molecule has 1 heterocycles. The molecule has 0 spiro atoms. The Bertz CT molecular complexity index is 333. The van der Waals surface area contributed by atoms with E-state index in [2.05, 4.69) is 10.5 Å². The van der Waals surface area contributed by atoms with Gasteiger partial charge in [0, 0.05) is 18.5 Å². The molecule has 0 aliphatic heterocycles. The lowest BCUT2D eigenvalue weighted by molar-refractivity contribution is 0.0949. The van der Waals surface area contributed by atoms with Crippen LogP contribution in [0.2, 0.25) is 0 Å². The molecular weight excluding hydrogens is 204 g/mol. The SMILES string of the molecule is Cc1cc(C(=O)NC/C=C/CCl)no1. The molecule has 1 aromatic rings.